The maximum Gasteiger partial charge on any atom is 0.249 e. The molecule has 2 aliphatic rings. The van der Waals surface area contributed by atoms with Crippen LogP contribution in [0.25, 0.3) is 0 Å². The number of piperidine rings is 1. The van der Waals surface area contributed by atoms with E-state index in [0.717, 1.165) is 49.8 Å². The van der Waals surface area contributed by atoms with Crippen molar-refractivity contribution in [3.05, 3.63) is 78.0 Å². The first-order valence-electron chi connectivity index (χ1n) is 16.8. The normalized spacial score (nSPS) is 17.2. The lowest BCUT2D eigenvalue weighted by Crippen LogP contribution is -2.47. The van der Waals surface area contributed by atoms with Crippen molar-refractivity contribution in [1.29, 1.82) is 0 Å². The van der Waals surface area contributed by atoms with Crippen molar-refractivity contribution < 1.29 is 18.0 Å². The van der Waals surface area contributed by atoms with Crippen molar-refractivity contribution in [1.82, 2.24) is 35.1 Å². The second-order valence-electron chi connectivity index (χ2n) is 13.7. The standard InChI is InChI=1S/C35H43N11O4S/c1-23-21-36-34(41-32(23)38-26-6-5-7-27(20-26)51(49,50)44-35(2,3)4)39-29-13-14-30(43-42-29)46-18-16-45(17-19-46)22-24-8-10-25(11-9-24)37-28-12-15-31(47)40-33(28)48/h5-11,13-14,20-21,28,37,44H,12,15-19,22H2,1-4H3,(H,40,47,48)(H2,36,38,39,41,42). The molecule has 16 heteroatoms. The van der Waals surface area contributed by atoms with Gasteiger partial charge in [-0.05, 0) is 82.1 Å². The first kappa shape index (κ1) is 35.6. The van der Waals surface area contributed by atoms with Crippen LogP contribution in [0.3, 0.4) is 0 Å². The molecule has 4 aromatic rings. The molecular weight excluding hydrogens is 671 g/mol. The highest BCUT2D eigenvalue weighted by Crippen LogP contribution is 2.24. The topological polar surface area (TPSA) is 186 Å². The number of imide groups is 1. The van der Waals surface area contributed by atoms with Gasteiger partial charge in [-0.2, -0.15) is 4.98 Å². The number of carbonyl (C=O) groups is 2. The number of amides is 2. The SMILES string of the molecule is Cc1cnc(Nc2ccc(N3CCN(Cc4ccc(NC5CCC(=O)NC5=O)cc4)CC3)nn2)nc1Nc1cccc(S(=O)(=O)NC(C)(C)C)c1. The molecule has 2 aromatic heterocycles. The van der Waals surface area contributed by atoms with Crippen LogP contribution in [0.15, 0.2) is 71.8 Å². The number of carbonyl (C=O) groups excluding carboxylic acids is 2. The highest BCUT2D eigenvalue weighted by atomic mass is 32.2. The summed E-state index contributed by atoms with van der Waals surface area (Å²) in [6, 6.07) is 18.0. The molecule has 2 amide bonds. The Bertz CT molecular complexity index is 1980. The minimum Gasteiger partial charge on any atom is -0.374 e. The number of aryl methyl sites for hydroxylation is 1. The summed E-state index contributed by atoms with van der Waals surface area (Å²) in [6.07, 6.45) is 2.51. The maximum absolute atomic E-state index is 12.8. The fourth-order valence-corrected chi connectivity index (χ4v) is 7.24. The van der Waals surface area contributed by atoms with Gasteiger partial charge in [0, 0.05) is 67.8 Å². The van der Waals surface area contributed by atoms with Crippen LogP contribution in [0.4, 0.5) is 34.8 Å². The van der Waals surface area contributed by atoms with Crippen LogP contribution in [0.1, 0.15) is 44.7 Å². The number of sulfonamides is 1. The number of hydrogen-bond acceptors (Lipinski definition) is 13. The molecule has 2 aliphatic heterocycles. The minimum atomic E-state index is -3.70. The van der Waals surface area contributed by atoms with Crippen LogP contribution < -0.4 is 30.9 Å². The van der Waals surface area contributed by atoms with Gasteiger partial charge in [-0.15, -0.1) is 10.2 Å². The number of hydrogen-bond donors (Lipinski definition) is 5. The first-order chi connectivity index (χ1) is 24.3. The zero-order valence-corrected chi connectivity index (χ0v) is 29.9. The maximum atomic E-state index is 12.8. The third-order valence-corrected chi connectivity index (χ3v) is 10.1. The van der Waals surface area contributed by atoms with Crippen LogP contribution in [0.5, 0.6) is 0 Å². The largest absolute Gasteiger partial charge is 0.374 e. The summed E-state index contributed by atoms with van der Waals surface area (Å²) in [5.41, 5.74) is 2.77. The summed E-state index contributed by atoms with van der Waals surface area (Å²) >= 11 is 0. The predicted octanol–water partition coefficient (Wildman–Crippen LogP) is 3.68. The molecule has 2 fully saturated rings. The number of rotatable bonds is 11. The summed E-state index contributed by atoms with van der Waals surface area (Å²) in [5, 5.41) is 20.7. The molecule has 2 aromatic carbocycles. The van der Waals surface area contributed by atoms with E-state index < -0.39 is 21.6 Å². The smallest absolute Gasteiger partial charge is 0.249 e. The molecule has 268 valence electrons. The summed E-state index contributed by atoms with van der Waals surface area (Å²) in [7, 11) is -3.70. The van der Waals surface area contributed by atoms with E-state index in [2.05, 4.69) is 68.1 Å². The molecule has 1 unspecified atom stereocenters. The van der Waals surface area contributed by atoms with E-state index in [-0.39, 0.29) is 16.7 Å². The molecule has 5 N–H and O–H groups in total. The second-order valence-corrected chi connectivity index (χ2v) is 15.4. The van der Waals surface area contributed by atoms with Crippen LogP contribution in [0.2, 0.25) is 0 Å². The van der Waals surface area contributed by atoms with Crippen molar-refractivity contribution >= 4 is 56.6 Å². The van der Waals surface area contributed by atoms with Crippen LogP contribution in [-0.2, 0) is 26.2 Å². The minimum absolute atomic E-state index is 0.150. The Balaban J connectivity index is 0.998. The summed E-state index contributed by atoms with van der Waals surface area (Å²) in [4.78, 5) is 37.2. The second kappa shape index (κ2) is 15.0. The van der Waals surface area contributed by atoms with E-state index in [1.54, 1.807) is 51.2 Å². The zero-order valence-electron chi connectivity index (χ0n) is 29.1. The predicted molar refractivity (Wildman–Crippen MR) is 196 cm³/mol. The number of aromatic nitrogens is 4. The van der Waals surface area contributed by atoms with Crippen molar-refractivity contribution in [2.45, 2.75) is 63.6 Å². The lowest BCUT2D eigenvalue weighted by Gasteiger charge is -2.35. The first-order valence-corrected chi connectivity index (χ1v) is 18.3. The van der Waals surface area contributed by atoms with Gasteiger partial charge in [0.15, 0.2) is 11.6 Å². The Morgan fingerprint density at radius 3 is 2.37 bits per heavy atom. The average Bonchev–Trinajstić information content (AvgIpc) is 3.08. The molecule has 0 saturated carbocycles. The van der Waals surface area contributed by atoms with Gasteiger partial charge >= 0.3 is 0 Å². The Labute approximate surface area is 297 Å². The summed E-state index contributed by atoms with van der Waals surface area (Å²) < 4.78 is 28.4. The van der Waals surface area contributed by atoms with E-state index in [1.165, 1.54) is 5.56 Å². The van der Waals surface area contributed by atoms with Crippen LogP contribution >= 0.6 is 0 Å². The van der Waals surface area contributed by atoms with Gasteiger partial charge in [0.05, 0.1) is 4.90 Å². The molecule has 2 saturated heterocycles. The molecular formula is C35H43N11O4S. The summed E-state index contributed by atoms with van der Waals surface area (Å²) in [5.74, 6) is 1.61. The van der Waals surface area contributed by atoms with E-state index in [4.69, 9.17) is 0 Å². The third-order valence-electron chi connectivity index (χ3n) is 8.35. The molecule has 0 radical (unpaired) electrons. The Kier molecular flexibility index (Phi) is 10.5. The molecule has 6 rings (SSSR count). The Morgan fingerprint density at radius 1 is 0.922 bits per heavy atom. The number of nitrogens with one attached hydrogen (secondary N) is 5. The van der Waals surface area contributed by atoms with E-state index in [1.807, 2.05) is 31.2 Å². The molecule has 0 spiro atoms. The van der Waals surface area contributed by atoms with Gasteiger partial charge in [0.2, 0.25) is 27.8 Å². The zero-order chi connectivity index (χ0) is 36.2. The van der Waals surface area contributed by atoms with Crippen LogP contribution in [-0.4, -0.2) is 83.1 Å². The van der Waals surface area contributed by atoms with Crippen molar-refractivity contribution in [2.24, 2.45) is 0 Å². The molecule has 1 atom stereocenters. The Hall–Kier alpha value is -5.19. The lowest BCUT2D eigenvalue weighted by molar-refractivity contribution is -0.133. The number of benzene rings is 2. The quantitative estimate of drug-likeness (QED) is 0.142. The molecule has 51 heavy (non-hydrogen) atoms. The van der Waals surface area contributed by atoms with Gasteiger partial charge in [0.1, 0.15) is 11.9 Å². The average molecular weight is 714 g/mol. The number of nitrogens with zero attached hydrogens (tertiary/aromatic N) is 6. The van der Waals surface area contributed by atoms with Gasteiger partial charge in [-0.1, -0.05) is 18.2 Å². The fraction of sp³-hybridized carbons (Fsp3) is 0.371. The van der Waals surface area contributed by atoms with Gasteiger partial charge < -0.3 is 20.9 Å². The van der Waals surface area contributed by atoms with Gasteiger partial charge in [0.25, 0.3) is 0 Å². The fourth-order valence-electron chi connectivity index (χ4n) is 5.78. The van der Waals surface area contributed by atoms with Crippen molar-refractivity contribution in [2.75, 3.05) is 47.0 Å². The number of anilines is 6. The monoisotopic (exact) mass is 713 g/mol. The van der Waals surface area contributed by atoms with Crippen molar-refractivity contribution in [3.63, 3.8) is 0 Å². The van der Waals surface area contributed by atoms with Crippen LogP contribution in [0, 0.1) is 6.92 Å². The van der Waals surface area contributed by atoms with E-state index >= 15 is 0 Å². The molecule has 15 nitrogen and oxygen atoms in total. The van der Waals surface area contributed by atoms with E-state index in [0.29, 0.717) is 36.1 Å². The van der Waals surface area contributed by atoms with Crippen molar-refractivity contribution in [3.8, 4) is 0 Å². The van der Waals surface area contributed by atoms with Gasteiger partial charge in [-0.25, -0.2) is 18.1 Å². The highest BCUT2D eigenvalue weighted by Gasteiger charge is 2.26. The number of piperazine rings is 1. The lowest BCUT2D eigenvalue weighted by atomic mass is 10.1. The molecule has 4 heterocycles. The van der Waals surface area contributed by atoms with E-state index in [9.17, 15) is 18.0 Å². The highest BCUT2D eigenvalue weighted by molar-refractivity contribution is 7.89. The van der Waals surface area contributed by atoms with Gasteiger partial charge in [-0.3, -0.25) is 19.8 Å². The molecule has 0 bridgehead atoms. The summed E-state index contributed by atoms with van der Waals surface area (Å²) in [6.45, 7) is 11.4. The molecule has 0 aliphatic carbocycles. The Morgan fingerprint density at radius 2 is 1.69 bits per heavy atom. The third kappa shape index (κ3) is 9.53.